The molecule has 1 atom stereocenters. The van der Waals surface area contributed by atoms with Gasteiger partial charge >= 0.3 is 0 Å². The highest BCUT2D eigenvalue weighted by molar-refractivity contribution is 6.00. The lowest BCUT2D eigenvalue weighted by Crippen LogP contribution is -2.47. The summed E-state index contributed by atoms with van der Waals surface area (Å²) in [6, 6.07) is 15.4. The van der Waals surface area contributed by atoms with Crippen LogP contribution >= 0.6 is 0 Å². The molecule has 1 aliphatic rings. The Hall–Kier alpha value is -2.49. The minimum atomic E-state index is -0.481. The fraction of sp³-hybridized carbons (Fsp3) is 0.316. The lowest BCUT2D eigenvalue weighted by Gasteiger charge is -2.34. The second-order valence-corrected chi connectivity index (χ2v) is 5.86. The smallest absolute Gasteiger partial charge is 0.268 e. The lowest BCUT2D eigenvalue weighted by molar-refractivity contribution is -0.126. The van der Waals surface area contributed by atoms with Crippen molar-refractivity contribution in [2.75, 3.05) is 17.2 Å². The summed E-state index contributed by atoms with van der Waals surface area (Å²) in [5.41, 5.74) is 8.37. The van der Waals surface area contributed by atoms with Crippen molar-refractivity contribution in [1.29, 1.82) is 0 Å². The molecule has 23 heavy (non-hydrogen) atoms. The van der Waals surface area contributed by atoms with E-state index in [1.54, 1.807) is 0 Å². The molecule has 1 aliphatic heterocycles. The van der Waals surface area contributed by atoms with Gasteiger partial charge < -0.3 is 15.4 Å². The SMILES string of the molecule is CCCCN1C(=O)C(Cc2ccc(N)cc2)Oc2ccccc21. The molecule has 2 N–H and O–H groups in total. The second-order valence-electron chi connectivity index (χ2n) is 5.86. The van der Waals surface area contributed by atoms with Crippen LogP contribution in [0.2, 0.25) is 0 Å². The molecule has 3 rings (SSSR count). The van der Waals surface area contributed by atoms with E-state index in [4.69, 9.17) is 10.5 Å². The highest BCUT2D eigenvalue weighted by Gasteiger charge is 2.33. The molecule has 0 saturated heterocycles. The second kappa shape index (κ2) is 6.73. The van der Waals surface area contributed by atoms with Gasteiger partial charge in [-0.3, -0.25) is 4.79 Å². The Morgan fingerprint density at radius 1 is 1.13 bits per heavy atom. The molecule has 120 valence electrons. The van der Waals surface area contributed by atoms with Crippen LogP contribution in [0, 0.1) is 0 Å². The molecule has 1 amide bonds. The monoisotopic (exact) mass is 310 g/mol. The van der Waals surface area contributed by atoms with Gasteiger partial charge in [-0.1, -0.05) is 37.6 Å². The van der Waals surface area contributed by atoms with Crippen molar-refractivity contribution in [1.82, 2.24) is 0 Å². The summed E-state index contributed by atoms with van der Waals surface area (Å²) < 4.78 is 5.97. The van der Waals surface area contributed by atoms with E-state index < -0.39 is 6.10 Å². The number of fused-ring (bicyclic) bond motifs is 1. The fourth-order valence-corrected chi connectivity index (χ4v) is 2.82. The molecule has 1 unspecified atom stereocenters. The molecule has 0 bridgehead atoms. The summed E-state index contributed by atoms with van der Waals surface area (Å²) in [4.78, 5) is 14.7. The molecule has 2 aromatic carbocycles. The van der Waals surface area contributed by atoms with Gasteiger partial charge in [-0.05, 0) is 36.2 Å². The third-order valence-corrected chi connectivity index (χ3v) is 4.10. The van der Waals surface area contributed by atoms with Crippen LogP contribution in [0.3, 0.4) is 0 Å². The first-order chi connectivity index (χ1) is 11.2. The number of carbonyl (C=O) groups excluding carboxylic acids is 1. The number of para-hydroxylation sites is 2. The molecule has 0 fully saturated rings. The van der Waals surface area contributed by atoms with Crippen LogP contribution in [0.1, 0.15) is 25.3 Å². The highest BCUT2D eigenvalue weighted by atomic mass is 16.5. The Labute approximate surface area is 136 Å². The Bertz CT molecular complexity index is 682. The first kappa shape index (κ1) is 15.4. The zero-order valence-electron chi connectivity index (χ0n) is 13.4. The predicted molar refractivity (Wildman–Crippen MR) is 92.7 cm³/mol. The van der Waals surface area contributed by atoms with Crippen molar-refractivity contribution in [3.63, 3.8) is 0 Å². The molecule has 0 spiro atoms. The minimum absolute atomic E-state index is 0.0361. The van der Waals surface area contributed by atoms with Gasteiger partial charge in [0.25, 0.3) is 5.91 Å². The first-order valence-corrected chi connectivity index (χ1v) is 8.10. The lowest BCUT2D eigenvalue weighted by atomic mass is 10.0. The topological polar surface area (TPSA) is 55.6 Å². The standard InChI is InChI=1S/C19H22N2O2/c1-2-3-12-21-16-6-4-5-7-17(16)23-18(19(21)22)13-14-8-10-15(20)11-9-14/h4-11,18H,2-3,12-13,20H2,1H3. The third-order valence-electron chi connectivity index (χ3n) is 4.10. The fourth-order valence-electron chi connectivity index (χ4n) is 2.82. The number of nitrogen functional groups attached to an aromatic ring is 1. The Balaban J connectivity index is 1.84. The maximum Gasteiger partial charge on any atom is 0.268 e. The van der Waals surface area contributed by atoms with Crippen LogP contribution in [0.15, 0.2) is 48.5 Å². The number of nitrogens with zero attached hydrogens (tertiary/aromatic N) is 1. The molecular formula is C19H22N2O2. The maximum absolute atomic E-state index is 12.8. The van der Waals surface area contributed by atoms with Crippen LogP contribution in [0.4, 0.5) is 11.4 Å². The Morgan fingerprint density at radius 3 is 2.61 bits per heavy atom. The number of hydrogen-bond acceptors (Lipinski definition) is 3. The van der Waals surface area contributed by atoms with Gasteiger partial charge in [0.15, 0.2) is 6.10 Å². The van der Waals surface area contributed by atoms with Crippen LogP contribution in [-0.2, 0) is 11.2 Å². The van der Waals surface area contributed by atoms with Crippen LogP contribution < -0.4 is 15.4 Å². The van der Waals surface area contributed by atoms with Gasteiger partial charge in [0.1, 0.15) is 5.75 Å². The summed E-state index contributed by atoms with van der Waals surface area (Å²) in [5, 5.41) is 0. The van der Waals surface area contributed by atoms with Crippen molar-refractivity contribution >= 4 is 17.3 Å². The van der Waals surface area contributed by atoms with E-state index in [0.29, 0.717) is 6.42 Å². The number of hydrogen-bond donors (Lipinski definition) is 1. The molecule has 4 heteroatoms. The van der Waals surface area contributed by atoms with Crippen molar-refractivity contribution in [3.05, 3.63) is 54.1 Å². The first-order valence-electron chi connectivity index (χ1n) is 8.10. The largest absolute Gasteiger partial charge is 0.478 e. The number of unbranched alkanes of at least 4 members (excludes halogenated alkanes) is 1. The van der Waals surface area contributed by atoms with E-state index >= 15 is 0 Å². The van der Waals surface area contributed by atoms with Gasteiger partial charge in [0, 0.05) is 18.7 Å². The predicted octanol–water partition coefficient (Wildman–Crippen LogP) is 3.41. The van der Waals surface area contributed by atoms with Gasteiger partial charge in [0.2, 0.25) is 0 Å². The zero-order valence-corrected chi connectivity index (χ0v) is 13.4. The summed E-state index contributed by atoms with van der Waals surface area (Å²) in [6.07, 6.45) is 2.10. The molecular weight excluding hydrogens is 288 g/mol. The van der Waals surface area contributed by atoms with Crippen LogP contribution in [0.5, 0.6) is 5.75 Å². The number of anilines is 2. The van der Waals surface area contributed by atoms with E-state index in [0.717, 1.165) is 42.1 Å². The van der Waals surface area contributed by atoms with Crippen molar-refractivity contribution in [2.24, 2.45) is 0 Å². The zero-order chi connectivity index (χ0) is 16.2. The summed E-state index contributed by atoms with van der Waals surface area (Å²) in [5.74, 6) is 0.817. The van der Waals surface area contributed by atoms with E-state index in [1.807, 2.05) is 53.4 Å². The van der Waals surface area contributed by atoms with Gasteiger partial charge in [-0.25, -0.2) is 0 Å². The number of amides is 1. The number of benzene rings is 2. The van der Waals surface area contributed by atoms with E-state index in [-0.39, 0.29) is 5.91 Å². The molecule has 0 radical (unpaired) electrons. The van der Waals surface area contributed by atoms with E-state index in [1.165, 1.54) is 0 Å². The highest BCUT2D eigenvalue weighted by Crippen LogP contribution is 2.34. The minimum Gasteiger partial charge on any atom is -0.478 e. The quantitative estimate of drug-likeness (QED) is 0.861. The van der Waals surface area contributed by atoms with Gasteiger partial charge in [-0.15, -0.1) is 0 Å². The normalized spacial score (nSPS) is 16.8. The van der Waals surface area contributed by atoms with Crippen molar-refractivity contribution < 1.29 is 9.53 Å². The molecule has 0 aromatic heterocycles. The van der Waals surface area contributed by atoms with Gasteiger partial charge in [-0.2, -0.15) is 0 Å². The summed E-state index contributed by atoms with van der Waals surface area (Å²) >= 11 is 0. The number of carbonyl (C=O) groups is 1. The molecule has 0 aliphatic carbocycles. The molecule has 2 aromatic rings. The van der Waals surface area contributed by atoms with Gasteiger partial charge in [0.05, 0.1) is 5.69 Å². The average molecular weight is 310 g/mol. The van der Waals surface area contributed by atoms with Crippen molar-refractivity contribution in [3.8, 4) is 5.75 Å². The van der Waals surface area contributed by atoms with Crippen LogP contribution in [0.25, 0.3) is 0 Å². The number of rotatable bonds is 5. The molecule has 1 heterocycles. The van der Waals surface area contributed by atoms with Crippen molar-refractivity contribution in [2.45, 2.75) is 32.3 Å². The molecule has 0 saturated carbocycles. The van der Waals surface area contributed by atoms with E-state index in [2.05, 4.69) is 6.92 Å². The number of ether oxygens (including phenoxy) is 1. The average Bonchev–Trinajstić information content (AvgIpc) is 2.57. The number of nitrogens with two attached hydrogens (primary N) is 1. The Kier molecular flexibility index (Phi) is 4.51. The third kappa shape index (κ3) is 3.31. The van der Waals surface area contributed by atoms with Crippen LogP contribution in [-0.4, -0.2) is 18.6 Å². The summed E-state index contributed by atoms with van der Waals surface area (Å²) in [7, 11) is 0. The van der Waals surface area contributed by atoms with E-state index in [9.17, 15) is 4.79 Å². The summed E-state index contributed by atoms with van der Waals surface area (Å²) in [6.45, 7) is 2.86. The molecule has 4 nitrogen and oxygen atoms in total. The maximum atomic E-state index is 12.8. The Morgan fingerprint density at radius 2 is 1.87 bits per heavy atom.